The van der Waals surface area contributed by atoms with Crippen molar-refractivity contribution in [2.75, 3.05) is 0 Å². The predicted molar refractivity (Wildman–Crippen MR) is 72.6 cm³/mol. The van der Waals surface area contributed by atoms with Gasteiger partial charge >= 0.3 is 6.09 Å². The van der Waals surface area contributed by atoms with Crippen LogP contribution in [0.1, 0.15) is 0 Å². The molecule has 0 bridgehead atoms. The minimum Gasteiger partial charge on any atom is -0.456 e. The second-order valence-corrected chi connectivity index (χ2v) is 4.13. The van der Waals surface area contributed by atoms with Crippen LogP contribution < -0.4 is 15.2 Å². The Morgan fingerprint density at radius 1 is 1.33 bits per heavy atom. The Morgan fingerprint density at radius 3 is 2.71 bits per heavy atom. The third-order valence-corrected chi connectivity index (χ3v) is 2.56. The van der Waals surface area contributed by atoms with Gasteiger partial charge in [-0.2, -0.15) is 0 Å². The van der Waals surface area contributed by atoms with E-state index in [-0.39, 0.29) is 28.1 Å². The molecule has 0 aliphatic rings. The number of non-ortho nitro benzene ring substituents is 1. The van der Waals surface area contributed by atoms with Crippen LogP contribution in [0.25, 0.3) is 0 Å². The molecule has 9 heteroatoms. The fourth-order valence-electron chi connectivity index (χ4n) is 1.43. The number of ether oxygens (including phenoxy) is 2. The van der Waals surface area contributed by atoms with Crippen molar-refractivity contribution >= 4 is 23.4 Å². The predicted octanol–water partition coefficient (Wildman–Crippen LogP) is 2.89. The highest BCUT2D eigenvalue weighted by atomic mass is 35.5. The van der Waals surface area contributed by atoms with Crippen LogP contribution in [0, 0.1) is 10.1 Å². The summed E-state index contributed by atoms with van der Waals surface area (Å²) >= 11 is 5.90. The number of amides is 1. The van der Waals surface area contributed by atoms with Crippen LogP contribution in [0.15, 0.2) is 36.5 Å². The fourth-order valence-corrected chi connectivity index (χ4v) is 1.64. The number of halogens is 1. The SMILES string of the molecule is NC(=O)Oc1cc(Oc2ccc([N+](=O)[O-])cc2Cl)ccn1. The number of nitro groups is 1. The summed E-state index contributed by atoms with van der Waals surface area (Å²) in [4.78, 5) is 24.4. The molecule has 0 spiro atoms. The van der Waals surface area contributed by atoms with Gasteiger partial charge in [0.2, 0.25) is 5.88 Å². The van der Waals surface area contributed by atoms with Crippen molar-refractivity contribution in [3.05, 3.63) is 51.7 Å². The normalized spacial score (nSPS) is 9.95. The second kappa shape index (κ2) is 6.06. The molecule has 0 unspecified atom stereocenters. The standard InChI is InChI=1S/C12H8ClN3O5/c13-9-5-7(16(18)19)1-2-10(9)20-8-3-4-15-11(6-8)21-12(14)17/h1-6H,(H2,14,17). The van der Waals surface area contributed by atoms with Crippen LogP contribution in [0.4, 0.5) is 10.5 Å². The van der Waals surface area contributed by atoms with Gasteiger partial charge in [0.15, 0.2) is 0 Å². The first-order valence-electron chi connectivity index (χ1n) is 5.51. The summed E-state index contributed by atoms with van der Waals surface area (Å²) in [6, 6.07) is 6.59. The molecular formula is C12H8ClN3O5. The van der Waals surface area contributed by atoms with Gasteiger partial charge in [0.25, 0.3) is 5.69 Å². The van der Waals surface area contributed by atoms with E-state index in [2.05, 4.69) is 9.72 Å². The largest absolute Gasteiger partial charge is 0.456 e. The minimum atomic E-state index is -1.01. The fraction of sp³-hybridized carbons (Fsp3) is 0. The molecule has 8 nitrogen and oxygen atoms in total. The van der Waals surface area contributed by atoms with Gasteiger partial charge in [0, 0.05) is 24.4 Å². The molecule has 0 radical (unpaired) electrons. The number of nitrogens with two attached hydrogens (primary N) is 1. The number of rotatable bonds is 4. The van der Waals surface area contributed by atoms with Crippen LogP contribution in [0.3, 0.4) is 0 Å². The lowest BCUT2D eigenvalue weighted by Crippen LogP contribution is -2.16. The van der Waals surface area contributed by atoms with Gasteiger partial charge in [-0.25, -0.2) is 9.78 Å². The molecule has 0 atom stereocenters. The van der Waals surface area contributed by atoms with E-state index in [1.807, 2.05) is 0 Å². The molecule has 1 aromatic heterocycles. The van der Waals surface area contributed by atoms with E-state index in [4.69, 9.17) is 22.1 Å². The molecule has 1 aromatic carbocycles. The average molecular weight is 310 g/mol. The van der Waals surface area contributed by atoms with E-state index >= 15 is 0 Å². The number of nitrogens with zero attached hydrogens (tertiary/aromatic N) is 2. The molecule has 1 heterocycles. The summed E-state index contributed by atoms with van der Waals surface area (Å²) < 4.78 is 10.0. The van der Waals surface area contributed by atoms with Crippen molar-refractivity contribution in [1.82, 2.24) is 4.98 Å². The summed E-state index contributed by atoms with van der Waals surface area (Å²) in [5, 5.41) is 10.7. The van der Waals surface area contributed by atoms with Crippen molar-refractivity contribution in [1.29, 1.82) is 0 Å². The number of hydrogen-bond donors (Lipinski definition) is 1. The Morgan fingerprint density at radius 2 is 2.10 bits per heavy atom. The van der Waals surface area contributed by atoms with Gasteiger partial charge in [-0.3, -0.25) is 10.1 Å². The van der Waals surface area contributed by atoms with Crippen molar-refractivity contribution in [2.24, 2.45) is 5.73 Å². The first-order valence-corrected chi connectivity index (χ1v) is 5.88. The Hall–Kier alpha value is -2.87. The molecule has 0 fully saturated rings. The number of carbonyl (C=O) groups is 1. The molecule has 2 aromatic rings. The monoisotopic (exact) mass is 309 g/mol. The number of carbonyl (C=O) groups excluding carboxylic acids is 1. The van der Waals surface area contributed by atoms with Crippen LogP contribution in [0.2, 0.25) is 5.02 Å². The first-order chi connectivity index (χ1) is 9.95. The minimum absolute atomic E-state index is 0.0435. The Kier molecular flexibility index (Phi) is 4.19. The van der Waals surface area contributed by atoms with E-state index in [9.17, 15) is 14.9 Å². The number of hydrogen-bond acceptors (Lipinski definition) is 6. The van der Waals surface area contributed by atoms with E-state index in [0.29, 0.717) is 0 Å². The Balaban J connectivity index is 2.22. The summed E-state index contributed by atoms with van der Waals surface area (Å²) in [6.07, 6.45) is 0.334. The molecule has 0 aliphatic carbocycles. The van der Waals surface area contributed by atoms with Gasteiger partial charge in [-0.15, -0.1) is 0 Å². The molecule has 0 saturated carbocycles. The first kappa shape index (κ1) is 14.5. The summed E-state index contributed by atoms with van der Waals surface area (Å²) in [5.41, 5.74) is 4.72. The maximum atomic E-state index is 10.6. The van der Waals surface area contributed by atoms with E-state index in [1.54, 1.807) is 0 Å². The lowest BCUT2D eigenvalue weighted by Gasteiger charge is -2.08. The van der Waals surface area contributed by atoms with Crippen molar-refractivity contribution in [2.45, 2.75) is 0 Å². The second-order valence-electron chi connectivity index (χ2n) is 3.72. The van der Waals surface area contributed by atoms with Gasteiger partial charge in [-0.1, -0.05) is 11.6 Å². The maximum absolute atomic E-state index is 10.6. The number of nitro benzene ring substituents is 1. The molecule has 2 N–H and O–H groups in total. The summed E-state index contributed by atoms with van der Waals surface area (Å²) in [7, 11) is 0. The van der Waals surface area contributed by atoms with Crippen LogP contribution in [-0.4, -0.2) is 16.0 Å². The highest BCUT2D eigenvalue weighted by molar-refractivity contribution is 6.32. The van der Waals surface area contributed by atoms with Crippen LogP contribution >= 0.6 is 11.6 Å². The van der Waals surface area contributed by atoms with Crippen LogP contribution in [-0.2, 0) is 0 Å². The maximum Gasteiger partial charge on any atom is 0.411 e. The van der Waals surface area contributed by atoms with Gasteiger partial charge in [0.1, 0.15) is 11.5 Å². The number of pyridine rings is 1. The summed E-state index contributed by atoms with van der Waals surface area (Å²) in [6.45, 7) is 0. The molecule has 1 amide bonds. The molecular weight excluding hydrogens is 302 g/mol. The highest BCUT2D eigenvalue weighted by Crippen LogP contribution is 2.32. The van der Waals surface area contributed by atoms with Crippen molar-refractivity contribution in [3.63, 3.8) is 0 Å². The quantitative estimate of drug-likeness (QED) is 0.685. The lowest BCUT2D eigenvalue weighted by atomic mass is 10.3. The molecule has 0 saturated heterocycles. The molecule has 2 rings (SSSR count). The molecule has 108 valence electrons. The topological polar surface area (TPSA) is 118 Å². The third-order valence-electron chi connectivity index (χ3n) is 2.27. The van der Waals surface area contributed by atoms with Gasteiger partial charge in [0.05, 0.1) is 9.95 Å². The number of primary amides is 1. The van der Waals surface area contributed by atoms with Crippen molar-refractivity contribution < 1.29 is 19.2 Å². The number of benzene rings is 1. The van der Waals surface area contributed by atoms with E-state index < -0.39 is 11.0 Å². The Bertz CT molecular complexity index is 707. The average Bonchev–Trinajstić information content (AvgIpc) is 2.40. The van der Waals surface area contributed by atoms with E-state index in [0.717, 1.165) is 0 Å². The van der Waals surface area contributed by atoms with Crippen LogP contribution in [0.5, 0.6) is 17.4 Å². The van der Waals surface area contributed by atoms with Gasteiger partial charge in [-0.05, 0) is 12.1 Å². The third kappa shape index (κ3) is 3.80. The zero-order chi connectivity index (χ0) is 15.4. The zero-order valence-electron chi connectivity index (χ0n) is 10.4. The van der Waals surface area contributed by atoms with E-state index in [1.165, 1.54) is 36.5 Å². The highest BCUT2D eigenvalue weighted by Gasteiger charge is 2.11. The number of aromatic nitrogens is 1. The zero-order valence-corrected chi connectivity index (χ0v) is 11.1. The summed E-state index contributed by atoms with van der Waals surface area (Å²) in [5.74, 6) is 0.438. The van der Waals surface area contributed by atoms with Gasteiger partial charge < -0.3 is 15.2 Å². The molecule has 0 aliphatic heterocycles. The smallest absolute Gasteiger partial charge is 0.411 e. The Labute approximate surface area is 123 Å². The lowest BCUT2D eigenvalue weighted by molar-refractivity contribution is -0.384. The molecule has 21 heavy (non-hydrogen) atoms. The van der Waals surface area contributed by atoms with Crippen molar-refractivity contribution in [3.8, 4) is 17.4 Å².